The van der Waals surface area contributed by atoms with E-state index in [0.717, 1.165) is 19.4 Å². The summed E-state index contributed by atoms with van der Waals surface area (Å²) < 4.78 is 5.03. The van der Waals surface area contributed by atoms with E-state index >= 15 is 0 Å². The molecule has 0 N–H and O–H groups in total. The average molecular weight is 290 g/mol. The molecule has 4 heteroatoms. The number of amides is 1. The molecule has 3 rings (SSSR count). The Labute approximate surface area is 123 Å². The van der Waals surface area contributed by atoms with Crippen LogP contribution in [0.25, 0.3) is 0 Å². The SMILES string of the molecule is Cc1ccccc1C1CCCN1C(=O)c1ccoc1Cl. The fraction of sp³-hybridized carbons (Fsp3) is 0.312. The van der Waals surface area contributed by atoms with Gasteiger partial charge in [-0.1, -0.05) is 24.3 Å². The van der Waals surface area contributed by atoms with Crippen molar-refractivity contribution in [2.24, 2.45) is 0 Å². The van der Waals surface area contributed by atoms with Crippen molar-refractivity contribution in [3.63, 3.8) is 0 Å². The standard InChI is InChI=1S/C16H16ClNO2/c1-11-5-2-3-6-12(11)14-7-4-9-18(14)16(19)13-8-10-20-15(13)17/h2-3,5-6,8,10,14H,4,7,9H2,1H3. The molecule has 0 spiro atoms. The van der Waals surface area contributed by atoms with Crippen LogP contribution in [0, 0.1) is 6.92 Å². The summed E-state index contributed by atoms with van der Waals surface area (Å²) in [5, 5.41) is 0.172. The first-order valence-corrected chi connectivity index (χ1v) is 7.16. The third kappa shape index (κ3) is 2.22. The number of aryl methyl sites for hydroxylation is 1. The Morgan fingerprint density at radius 3 is 2.85 bits per heavy atom. The topological polar surface area (TPSA) is 33.5 Å². The Hall–Kier alpha value is -1.74. The maximum absolute atomic E-state index is 12.6. The molecule has 1 fully saturated rings. The fourth-order valence-corrected chi connectivity index (χ4v) is 3.09. The number of carbonyl (C=O) groups excluding carboxylic acids is 1. The zero-order valence-electron chi connectivity index (χ0n) is 11.3. The first kappa shape index (κ1) is 13.3. The Bertz CT molecular complexity index is 635. The molecule has 104 valence electrons. The number of benzene rings is 1. The van der Waals surface area contributed by atoms with Crippen LogP contribution in [0.1, 0.15) is 40.4 Å². The van der Waals surface area contributed by atoms with Crippen LogP contribution < -0.4 is 0 Å². The summed E-state index contributed by atoms with van der Waals surface area (Å²) in [6, 6.07) is 10.00. The monoisotopic (exact) mass is 289 g/mol. The van der Waals surface area contributed by atoms with Crippen LogP contribution in [0.3, 0.4) is 0 Å². The number of nitrogens with zero attached hydrogens (tertiary/aromatic N) is 1. The summed E-state index contributed by atoms with van der Waals surface area (Å²) in [6.45, 7) is 2.85. The number of hydrogen-bond donors (Lipinski definition) is 0. The minimum absolute atomic E-state index is 0.0468. The lowest BCUT2D eigenvalue weighted by molar-refractivity contribution is 0.0735. The predicted octanol–water partition coefficient (Wildman–Crippen LogP) is 4.22. The molecule has 1 saturated heterocycles. The van der Waals surface area contributed by atoms with Crippen LogP contribution in [0.5, 0.6) is 0 Å². The summed E-state index contributed by atoms with van der Waals surface area (Å²) >= 11 is 5.92. The lowest BCUT2D eigenvalue weighted by Crippen LogP contribution is -2.30. The van der Waals surface area contributed by atoms with E-state index in [2.05, 4.69) is 19.1 Å². The maximum atomic E-state index is 12.6. The van der Waals surface area contributed by atoms with Gasteiger partial charge in [-0.05, 0) is 48.6 Å². The van der Waals surface area contributed by atoms with Crippen molar-refractivity contribution in [1.82, 2.24) is 4.90 Å². The largest absolute Gasteiger partial charge is 0.452 e. The highest BCUT2D eigenvalue weighted by atomic mass is 35.5. The summed E-state index contributed by atoms with van der Waals surface area (Å²) in [7, 11) is 0. The van der Waals surface area contributed by atoms with Crippen molar-refractivity contribution >= 4 is 17.5 Å². The van der Waals surface area contributed by atoms with E-state index in [1.807, 2.05) is 17.0 Å². The minimum atomic E-state index is -0.0468. The predicted molar refractivity (Wildman–Crippen MR) is 77.9 cm³/mol. The second kappa shape index (κ2) is 5.33. The van der Waals surface area contributed by atoms with Crippen LogP contribution >= 0.6 is 11.6 Å². The highest BCUT2D eigenvalue weighted by Gasteiger charge is 2.32. The summed E-state index contributed by atoms with van der Waals surface area (Å²) in [5.74, 6) is -0.0468. The fourth-order valence-electron chi connectivity index (χ4n) is 2.89. The molecule has 3 nitrogen and oxygen atoms in total. The molecule has 0 bridgehead atoms. The van der Waals surface area contributed by atoms with Crippen molar-refractivity contribution in [3.05, 3.63) is 58.5 Å². The molecule has 0 saturated carbocycles. The molecular formula is C16H16ClNO2. The molecule has 0 aliphatic carbocycles. The second-order valence-corrected chi connectivity index (χ2v) is 5.46. The Balaban J connectivity index is 1.92. The molecule has 1 aliphatic rings. The normalized spacial score (nSPS) is 18.5. The number of likely N-dealkylation sites (tertiary alicyclic amines) is 1. The lowest BCUT2D eigenvalue weighted by Gasteiger charge is -2.26. The summed E-state index contributed by atoms with van der Waals surface area (Å²) in [4.78, 5) is 14.5. The van der Waals surface area contributed by atoms with Gasteiger partial charge in [-0.15, -0.1) is 0 Å². The quantitative estimate of drug-likeness (QED) is 0.829. The molecular weight excluding hydrogens is 274 g/mol. The van der Waals surface area contributed by atoms with Crippen molar-refractivity contribution < 1.29 is 9.21 Å². The first-order valence-electron chi connectivity index (χ1n) is 6.78. The van der Waals surface area contributed by atoms with Crippen molar-refractivity contribution in [2.75, 3.05) is 6.54 Å². The zero-order chi connectivity index (χ0) is 14.1. The van der Waals surface area contributed by atoms with Crippen molar-refractivity contribution in [1.29, 1.82) is 0 Å². The van der Waals surface area contributed by atoms with Gasteiger partial charge in [0.1, 0.15) is 0 Å². The van der Waals surface area contributed by atoms with E-state index in [1.165, 1.54) is 17.4 Å². The molecule has 1 aromatic carbocycles. The van der Waals surface area contributed by atoms with E-state index in [9.17, 15) is 4.79 Å². The number of halogens is 1. The first-order chi connectivity index (χ1) is 9.68. The third-order valence-corrected chi connectivity index (χ3v) is 4.20. The molecule has 1 amide bonds. The molecule has 1 unspecified atom stereocenters. The molecule has 20 heavy (non-hydrogen) atoms. The van der Waals surface area contributed by atoms with Gasteiger partial charge in [-0.25, -0.2) is 0 Å². The average Bonchev–Trinajstić information content (AvgIpc) is 3.07. The summed E-state index contributed by atoms with van der Waals surface area (Å²) in [6.07, 6.45) is 3.46. The van der Waals surface area contributed by atoms with Gasteiger partial charge in [-0.3, -0.25) is 4.79 Å². The molecule has 1 atom stereocenters. The number of hydrogen-bond acceptors (Lipinski definition) is 2. The van der Waals surface area contributed by atoms with Gasteiger partial charge in [-0.2, -0.15) is 0 Å². The van der Waals surface area contributed by atoms with Crippen molar-refractivity contribution in [2.45, 2.75) is 25.8 Å². The minimum Gasteiger partial charge on any atom is -0.452 e. The second-order valence-electron chi connectivity index (χ2n) is 5.12. The Morgan fingerprint density at radius 2 is 2.15 bits per heavy atom. The van der Waals surface area contributed by atoms with Crippen LogP contribution in [0.15, 0.2) is 41.0 Å². The van der Waals surface area contributed by atoms with Gasteiger partial charge < -0.3 is 9.32 Å². The van der Waals surface area contributed by atoms with E-state index in [0.29, 0.717) is 5.56 Å². The summed E-state index contributed by atoms with van der Waals surface area (Å²) in [5.41, 5.74) is 2.89. The van der Waals surface area contributed by atoms with Crippen LogP contribution in [-0.2, 0) is 0 Å². The highest BCUT2D eigenvalue weighted by Crippen LogP contribution is 2.35. The zero-order valence-corrected chi connectivity index (χ0v) is 12.1. The van der Waals surface area contributed by atoms with Gasteiger partial charge in [0, 0.05) is 6.54 Å². The van der Waals surface area contributed by atoms with E-state index < -0.39 is 0 Å². The van der Waals surface area contributed by atoms with Crippen molar-refractivity contribution in [3.8, 4) is 0 Å². The van der Waals surface area contributed by atoms with Crippen LogP contribution in [0.2, 0.25) is 5.22 Å². The van der Waals surface area contributed by atoms with E-state index in [4.69, 9.17) is 16.0 Å². The Kier molecular flexibility index (Phi) is 3.53. The molecule has 1 aliphatic heterocycles. The van der Waals surface area contributed by atoms with E-state index in [-0.39, 0.29) is 17.2 Å². The lowest BCUT2D eigenvalue weighted by atomic mass is 9.99. The smallest absolute Gasteiger partial charge is 0.259 e. The van der Waals surface area contributed by atoms with Gasteiger partial charge in [0.2, 0.25) is 5.22 Å². The number of carbonyl (C=O) groups is 1. The molecule has 1 aromatic heterocycles. The van der Waals surface area contributed by atoms with Gasteiger partial charge >= 0.3 is 0 Å². The van der Waals surface area contributed by atoms with Gasteiger partial charge in [0.05, 0.1) is 17.9 Å². The number of rotatable bonds is 2. The van der Waals surface area contributed by atoms with Gasteiger partial charge in [0.15, 0.2) is 0 Å². The maximum Gasteiger partial charge on any atom is 0.259 e. The highest BCUT2D eigenvalue weighted by molar-refractivity contribution is 6.32. The Morgan fingerprint density at radius 1 is 1.35 bits per heavy atom. The third-order valence-electron chi connectivity index (χ3n) is 3.91. The molecule has 2 heterocycles. The van der Waals surface area contributed by atoms with E-state index in [1.54, 1.807) is 6.07 Å². The molecule has 2 aromatic rings. The van der Waals surface area contributed by atoms with Gasteiger partial charge in [0.25, 0.3) is 5.91 Å². The molecule has 0 radical (unpaired) electrons. The van der Waals surface area contributed by atoms with Crippen LogP contribution in [0.4, 0.5) is 0 Å². The van der Waals surface area contributed by atoms with Crippen LogP contribution in [-0.4, -0.2) is 17.4 Å². The number of furan rings is 1.